The average molecular weight is 308 g/mol. The summed E-state index contributed by atoms with van der Waals surface area (Å²) in [5.41, 5.74) is 8.17. The Morgan fingerprint density at radius 3 is 2.91 bits per heavy atom. The summed E-state index contributed by atoms with van der Waals surface area (Å²) >= 11 is 0. The normalized spacial score (nSPS) is 18.4. The summed E-state index contributed by atoms with van der Waals surface area (Å²) in [6.45, 7) is 0.714. The van der Waals surface area contributed by atoms with Gasteiger partial charge < -0.3 is 14.9 Å². The van der Waals surface area contributed by atoms with Gasteiger partial charge >= 0.3 is 5.97 Å². The summed E-state index contributed by atoms with van der Waals surface area (Å²) < 4.78 is 5.42. The molecular formula is C18H16N2O3. The Hall–Kier alpha value is -2.79. The highest BCUT2D eigenvalue weighted by atomic mass is 16.5. The number of nitrogens with one attached hydrogen (secondary N) is 1. The average Bonchev–Trinajstić information content (AvgIpc) is 3.12. The van der Waals surface area contributed by atoms with Gasteiger partial charge in [-0.3, -0.25) is 0 Å². The molecule has 0 aromatic heterocycles. The van der Waals surface area contributed by atoms with Gasteiger partial charge in [0.05, 0.1) is 30.9 Å². The molecule has 0 radical (unpaired) electrons. The van der Waals surface area contributed by atoms with E-state index in [9.17, 15) is 4.79 Å². The van der Waals surface area contributed by atoms with Crippen LogP contribution in [-0.4, -0.2) is 24.7 Å². The minimum absolute atomic E-state index is 0.119. The number of methoxy groups -OCH3 is 1. The highest BCUT2D eigenvalue weighted by Crippen LogP contribution is 2.43. The Bertz CT molecular complexity index is 829. The number of ether oxygens (including phenoxy) is 1. The van der Waals surface area contributed by atoms with E-state index in [2.05, 4.69) is 17.6 Å². The Labute approximate surface area is 133 Å². The predicted molar refractivity (Wildman–Crippen MR) is 87.6 cm³/mol. The molecule has 2 aliphatic rings. The molecule has 2 aromatic rings. The van der Waals surface area contributed by atoms with Crippen molar-refractivity contribution in [1.29, 1.82) is 0 Å². The van der Waals surface area contributed by atoms with Crippen molar-refractivity contribution in [3.63, 3.8) is 0 Å². The summed E-state index contributed by atoms with van der Waals surface area (Å²) in [6.07, 6.45) is 2.16. The van der Waals surface area contributed by atoms with Crippen LogP contribution < -0.4 is 15.2 Å². The first-order valence-corrected chi connectivity index (χ1v) is 7.42. The molecule has 1 heterocycles. The molecule has 1 aliphatic carbocycles. The molecule has 5 nitrogen and oxygen atoms in total. The summed E-state index contributed by atoms with van der Waals surface area (Å²) in [5, 5.41) is 11.1. The molecular weight excluding hydrogens is 292 g/mol. The SMILES string of the molecule is COc1cccc2c1C=C1CN(c3cccc(C(=O)O)c3)NC12. The van der Waals surface area contributed by atoms with Crippen LogP contribution >= 0.6 is 0 Å². The van der Waals surface area contributed by atoms with Crippen molar-refractivity contribution in [2.45, 2.75) is 6.04 Å². The molecule has 0 bridgehead atoms. The third kappa shape index (κ3) is 2.17. The van der Waals surface area contributed by atoms with Crippen molar-refractivity contribution in [3.05, 3.63) is 64.7 Å². The van der Waals surface area contributed by atoms with E-state index < -0.39 is 5.97 Å². The number of carboxylic acid groups (broad SMARTS) is 1. The number of rotatable bonds is 3. The van der Waals surface area contributed by atoms with Crippen LogP contribution in [0.4, 0.5) is 5.69 Å². The smallest absolute Gasteiger partial charge is 0.335 e. The van der Waals surface area contributed by atoms with Crippen molar-refractivity contribution in [2.75, 3.05) is 18.7 Å². The van der Waals surface area contributed by atoms with E-state index in [0.717, 1.165) is 17.0 Å². The second-order valence-electron chi connectivity index (χ2n) is 5.69. The summed E-state index contributed by atoms with van der Waals surface area (Å²) in [7, 11) is 1.68. The Morgan fingerprint density at radius 2 is 2.13 bits per heavy atom. The van der Waals surface area contributed by atoms with Gasteiger partial charge in [-0.25, -0.2) is 10.2 Å². The second kappa shape index (κ2) is 5.14. The fourth-order valence-corrected chi connectivity index (χ4v) is 3.26. The van der Waals surface area contributed by atoms with Gasteiger partial charge in [-0.15, -0.1) is 0 Å². The first kappa shape index (κ1) is 13.8. The minimum Gasteiger partial charge on any atom is -0.496 e. The summed E-state index contributed by atoms with van der Waals surface area (Å²) in [4.78, 5) is 11.1. The van der Waals surface area contributed by atoms with Crippen molar-refractivity contribution in [1.82, 2.24) is 5.43 Å². The molecule has 1 atom stereocenters. The van der Waals surface area contributed by atoms with Crippen LogP contribution in [0.25, 0.3) is 6.08 Å². The molecule has 2 aromatic carbocycles. The number of hydrazine groups is 1. The molecule has 0 saturated carbocycles. The van der Waals surface area contributed by atoms with Gasteiger partial charge in [0.2, 0.25) is 0 Å². The van der Waals surface area contributed by atoms with Gasteiger partial charge in [-0.05, 0) is 41.5 Å². The van der Waals surface area contributed by atoms with Gasteiger partial charge in [0, 0.05) is 5.56 Å². The zero-order chi connectivity index (χ0) is 16.0. The number of fused-ring (bicyclic) bond motifs is 3. The summed E-state index contributed by atoms with van der Waals surface area (Å²) in [6, 6.07) is 13.1. The zero-order valence-corrected chi connectivity index (χ0v) is 12.6. The minimum atomic E-state index is -0.916. The van der Waals surface area contributed by atoms with Crippen molar-refractivity contribution < 1.29 is 14.6 Å². The van der Waals surface area contributed by atoms with E-state index in [1.807, 2.05) is 23.2 Å². The first-order valence-electron chi connectivity index (χ1n) is 7.42. The van der Waals surface area contributed by atoms with Crippen molar-refractivity contribution >= 4 is 17.7 Å². The standard InChI is InChI=1S/C18H16N2O3/c1-23-16-7-3-6-14-15(16)9-12-10-20(19-17(12)14)13-5-2-4-11(8-13)18(21)22/h2-9,17,19H,10H2,1H3,(H,21,22). The highest BCUT2D eigenvalue weighted by molar-refractivity contribution is 5.89. The van der Waals surface area contributed by atoms with Gasteiger partial charge in [0.1, 0.15) is 5.75 Å². The van der Waals surface area contributed by atoms with Gasteiger partial charge in [0.15, 0.2) is 0 Å². The lowest BCUT2D eigenvalue weighted by molar-refractivity contribution is 0.0697. The van der Waals surface area contributed by atoms with E-state index in [0.29, 0.717) is 6.54 Å². The molecule has 5 heteroatoms. The van der Waals surface area contributed by atoms with Crippen LogP contribution in [0.15, 0.2) is 48.0 Å². The van der Waals surface area contributed by atoms with E-state index in [-0.39, 0.29) is 11.6 Å². The maximum absolute atomic E-state index is 11.1. The predicted octanol–water partition coefficient (Wildman–Crippen LogP) is 2.86. The lowest BCUT2D eigenvalue weighted by atomic mass is 10.1. The Morgan fingerprint density at radius 1 is 1.30 bits per heavy atom. The molecule has 1 fully saturated rings. The lowest BCUT2D eigenvalue weighted by Crippen LogP contribution is -2.32. The number of benzene rings is 2. The van der Waals surface area contributed by atoms with Gasteiger partial charge in [0.25, 0.3) is 0 Å². The Kier molecular flexibility index (Phi) is 3.09. The van der Waals surface area contributed by atoms with Gasteiger partial charge in [-0.2, -0.15) is 0 Å². The first-order chi connectivity index (χ1) is 11.2. The largest absolute Gasteiger partial charge is 0.496 e. The number of carboxylic acids is 1. The van der Waals surface area contributed by atoms with E-state index in [1.165, 1.54) is 11.1 Å². The number of hydrogen-bond donors (Lipinski definition) is 2. The highest BCUT2D eigenvalue weighted by Gasteiger charge is 2.34. The molecule has 116 valence electrons. The number of carbonyl (C=O) groups is 1. The van der Waals surface area contributed by atoms with Crippen LogP contribution in [0.1, 0.15) is 27.5 Å². The molecule has 23 heavy (non-hydrogen) atoms. The van der Waals surface area contributed by atoms with Crippen LogP contribution in [0.2, 0.25) is 0 Å². The van der Waals surface area contributed by atoms with E-state index in [4.69, 9.17) is 9.84 Å². The monoisotopic (exact) mass is 308 g/mol. The molecule has 1 unspecified atom stereocenters. The van der Waals surface area contributed by atoms with Crippen LogP contribution in [-0.2, 0) is 0 Å². The fourth-order valence-electron chi connectivity index (χ4n) is 3.26. The molecule has 0 spiro atoms. The number of aromatic carboxylic acids is 1. The van der Waals surface area contributed by atoms with Crippen molar-refractivity contribution in [2.24, 2.45) is 0 Å². The van der Waals surface area contributed by atoms with Gasteiger partial charge in [-0.1, -0.05) is 18.2 Å². The number of hydrogen-bond acceptors (Lipinski definition) is 4. The van der Waals surface area contributed by atoms with E-state index in [1.54, 1.807) is 25.3 Å². The number of nitrogens with zero attached hydrogens (tertiary/aromatic N) is 1. The lowest BCUT2D eigenvalue weighted by Gasteiger charge is -2.21. The third-order valence-corrected chi connectivity index (χ3v) is 4.36. The maximum atomic E-state index is 11.1. The summed E-state index contributed by atoms with van der Waals surface area (Å²) in [5.74, 6) is -0.0360. The molecule has 4 rings (SSSR count). The van der Waals surface area contributed by atoms with E-state index >= 15 is 0 Å². The molecule has 2 N–H and O–H groups in total. The topological polar surface area (TPSA) is 61.8 Å². The Balaban J connectivity index is 1.65. The third-order valence-electron chi connectivity index (χ3n) is 4.36. The fraction of sp³-hybridized carbons (Fsp3) is 0.167. The van der Waals surface area contributed by atoms with Crippen LogP contribution in [0.3, 0.4) is 0 Å². The molecule has 0 amide bonds. The number of anilines is 1. The van der Waals surface area contributed by atoms with Crippen LogP contribution in [0.5, 0.6) is 5.75 Å². The quantitative estimate of drug-likeness (QED) is 0.913. The molecule has 1 saturated heterocycles. The molecule has 1 aliphatic heterocycles. The van der Waals surface area contributed by atoms with Crippen molar-refractivity contribution in [3.8, 4) is 5.75 Å². The zero-order valence-electron chi connectivity index (χ0n) is 12.6. The van der Waals surface area contributed by atoms with Crippen LogP contribution in [0, 0.1) is 0 Å². The maximum Gasteiger partial charge on any atom is 0.335 e. The second-order valence-corrected chi connectivity index (χ2v) is 5.69.